The van der Waals surface area contributed by atoms with E-state index in [9.17, 15) is 0 Å². The van der Waals surface area contributed by atoms with Gasteiger partial charge in [-0.3, -0.25) is 0 Å². The Morgan fingerprint density at radius 3 is 2.93 bits per heavy atom. The average molecular weight is 284 g/mol. The topological polar surface area (TPSA) is 37.8 Å². The first kappa shape index (κ1) is 10.6. The zero-order valence-electron chi connectivity index (χ0n) is 8.20. The van der Waals surface area contributed by atoms with Crippen molar-refractivity contribution in [3.8, 4) is 11.3 Å². The SMILES string of the molecule is CCNc1cc(-c2cscc2Br)ncn1. The molecule has 0 radical (unpaired) electrons. The lowest BCUT2D eigenvalue weighted by Crippen LogP contribution is -1.99. The molecule has 0 aromatic carbocycles. The van der Waals surface area contributed by atoms with Crippen molar-refractivity contribution < 1.29 is 0 Å². The highest BCUT2D eigenvalue weighted by molar-refractivity contribution is 9.10. The zero-order chi connectivity index (χ0) is 10.7. The molecule has 0 bridgehead atoms. The van der Waals surface area contributed by atoms with Crippen LogP contribution < -0.4 is 5.32 Å². The largest absolute Gasteiger partial charge is 0.370 e. The van der Waals surface area contributed by atoms with Crippen molar-refractivity contribution in [1.82, 2.24) is 9.97 Å². The van der Waals surface area contributed by atoms with Crippen molar-refractivity contribution in [2.45, 2.75) is 6.92 Å². The van der Waals surface area contributed by atoms with E-state index in [1.165, 1.54) is 0 Å². The molecule has 0 aliphatic rings. The summed E-state index contributed by atoms with van der Waals surface area (Å²) in [5, 5.41) is 7.28. The molecule has 2 rings (SSSR count). The van der Waals surface area contributed by atoms with Crippen molar-refractivity contribution >= 4 is 33.1 Å². The minimum atomic E-state index is 0.862. The van der Waals surface area contributed by atoms with Gasteiger partial charge in [0.15, 0.2) is 0 Å². The van der Waals surface area contributed by atoms with Crippen LogP contribution in [0.1, 0.15) is 6.92 Å². The fraction of sp³-hybridized carbons (Fsp3) is 0.200. The van der Waals surface area contributed by atoms with Gasteiger partial charge in [-0.25, -0.2) is 9.97 Å². The van der Waals surface area contributed by atoms with Crippen LogP contribution >= 0.6 is 27.3 Å². The van der Waals surface area contributed by atoms with E-state index in [1.807, 2.05) is 18.4 Å². The summed E-state index contributed by atoms with van der Waals surface area (Å²) in [6.45, 7) is 2.91. The highest BCUT2D eigenvalue weighted by atomic mass is 79.9. The Bertz CT molecular complexity index is 455. The van der Waals surface area contributed by atoms with Crippen LogP contribution in [0, 0.1) is 0 Å². The fourth-order valence-corrected chi connectivity index (χ4v) is 2.74. The van der Waals surface area contributed by atoms with Crippen LogP contribution in [0.5, 0.6) is 0 Å². The minimum absolute atomic E-state index is 0.862. The molecule has 3 nitrogen and oxygen atoms in total. The fourth-order valence-electron chi connectivity index (χ4n) is 1.25. The Morgan fingerprint density at radius 1 is 1.40 bits per heavy atom. The summed E-state index contributed by atoms with van der Waals surface area (Å²) in [6, 6.07) is 1.95. The first-order chi connectivity index (χ1) is 7.31. The molecular formula is C10H10BrN3S. The first-order valence-corrected chi connectivity index (χ1v) is 6.33. The number of nitrogens with zero attached hydrogens (tertiary/aromatic N) is 2. The molecule has 2 aromatic heterocycles. The van der Waals surface area contributed by atoms with Gasteiger partial charge in [-0.1, -0.05) is 0 Å². The summed E-state index contributed by atoms with van der Waals surface area (Å²) in [5.74, 6) is 0.862. The third kappa shape index (κ3) is 2.35. The van der Waals surface area contributed by atoms with Gasteiger partial charge < -0.3 is 5.32 Å². The minimum Gasteiger partial charge on any atom is -0.370 e. The number of halogens is 1. The van der Waals surface area contributed by atoms with E-state index >= 15 is 0 Å². The first-order valence-electron chi connectivity index (χ1n) is 4.59. The van der Waals surface area contributed by atoms with Gasteiger partial charge in [-0.15, -0.1) is 0 Å². The molecule has 0 unspecified atom stereocenters. The van der Waals surface area contributed by atoms with Crippen LogP contribution in [0.2, 0.25) is 0 Å². The van der Waals surface area contributed by atoms with Crippen LogP contribution in [-0.4, -0.2) is 16.5 Å². The molecule has 2 aromatic rings. The van der Waals surface area contributed by atoms with E-state index in [1.54, 1.807) is 17.7 Å². The summed E-state index contributed by atoms with van der Waals surface area (Å²) in [4.78, 5) is 8.39. The predicted octanol–water partition coefficient (Wildman–Crippen LogP) is 3.40. The lowest BCUT2D eigenvalue weighted by Gasteiger charge is -2.03. The maximum absolute atomic E-state index is 4.25. The van der Waals surface area contributed by atoms with Gasteiger partial charge in [0.2, 0.25) is 0 Å². The van der Waals surface area contributed by atoms with E-state index in [0.717, 1.165) is 28.1 Å². The summed E-state index contributed by atoms with van der Waals surface area (Å²) in [7, 11) is 0. The van der Waals surface area contributed by atoms with Gasteiger partial charge in [-0.05, 0) is 22.9 Å². The second-order valence-corrected chi connectivity index (χ2v) is 4.55. The average Bonchev–Trinajstić information content (AvgIpc) is 2.65. The van der Waals surface area contributed by atoms with Gasteiger partial charge in [0.05, 0.1) is 5.69 Å². The molecule has 2 heterocycles. The monoisotopic (exact) mass is 283 g/mol. The van der Waals surface area contributed by atoms with Crippen molar-refractivity contribution in [3.05, 3.63) is 27.6 Å². The van der Waals surface area contributed by atoms with Gasteiger partial charge in [0.1, 0.15) is 12.1 Å². The maximum atomic E-state index is 4.25. The van der Waals surface area contributed by atoms with E-state index in [2.05, 4.69) is 36.6 Å². The second kappa shape index (κ2) is 4.72. The van der Waals surface area contributed by atoms with Crippen LogP contribution in [0.4, 0.5) is 5.82 Å². The molecular weight excluding hydrogens is 274 g/mol. The predicted molar refractivity (Wildman–Crippen MR) is 67.2 cm³/mol. The lowest BCUT2D eigenvalue weighted by molar-refractivity contribution is 1.11. The third-order valence-electron chi connectivity index (χ3n) is 1.92. The molecule has 0 aliphatic heterocycles. The van der Waals surface area contributed by atoms with Gasteiger partial charge in [0, 0.05) is 33.4 Å². The molecule has 0 saturated heterocycles. The molecule has 78 valence electrons. The van der Waals surface area contributed by atoms with E-state index < -0.39 is 0 Å². The summed E-state index contributed by atoms with van der Waals surface area (Å²) >= 11 is 5.15. The van der Waals surface area contributed by atoms with Gasteiger partial charge in [-0.2, -0.15) is 11.3 Å². The second-order valence-electron chi connectivity index (χ2n) is 2.95. The maximum Gasteiger partial charge on any atom is 0.129 e. The Hall–Kier alpha value is -0.940. The zero-order valence-corrected chi connectivity index (χ0v) is 10.6. The van der Waals surface area contributed by atoms with Crippen molar-refractivity contribution in [3.63, 3.8) is 0 Å². The van der Waals surface area contributed by atoms with E-state index in [-0.39, 0.29) is 0 Å². The highest BCUT2D eigenvalue weighted by Gasteiger charge is 2.06. The molecule has 0 atom stereocenters. The van der Waals surface area contributed by atoms with Gasteiger partial charge in [0.25, 0.3) is 0 Å². The highest BCUT2D eigenvalue weighted by Crippen LogP contribution is 2.30. The Morgan fingerprint density at radius 2 is 2.27 bits per heavy atom. The van der Waals surface area contributed by atoms with E-state index in [0.29, 0.717) is 0 Å². The number of thiophene rings is 1. The Kier molecular flexibility index (Phi) is 3.33. The molecule has 0 aliphatic carbocycles. The molecule has 0 fully saturated rings. The molecule has 1 N–H and O–H groups in total. The number of hydrogen-bond acceptors (Lipinski definition) is 4. The van der Waals surface area contributed by atoms with Crippen LogP contribution in [0.15, 0.2) is 27.6 Å². The van der Waals surface area contributed by atoms with Crippen LogP contribution in [0.3, 0.4) is 0 Å². The number of nitrogens with one attached hydrogen (secondary N) is 1. The Balaban J connectivity index is 2.37. The third-order valence-corrected chi connectivity index (χ3v) is 3.62. The smallest absolute Gasteiger partial charge is 0.129 e. The molecule has 0 amide bonds. The number of aromatic nitrogens is 2. The standard InChI is InChI=1S/C10H10BrN3S/c1-2-12-10-3-9(13-6-14-10)7-4-15-5-8(7)11/h3-6H,2H2,1H3,(H,12,13,14). The Labute approximate surface area is 101 Å². The molecule has 5 heteroatoms. The quantitative estimate of drug-likeness (QED) is 0.938. The van der Waals surface area contributed by atoms with E-state index in [4.69, 9.17) is 0 Å². The summed E-state index contributed by atoms with van der Waals surface area (Å²) in [6.07, 6.45) is 1.58. The summed E-state index contributed by atoms with van der Waals surface area (Å²) < 4.78 is 1.08. The van der Waals surface area contributed by atoms with Crippen molar-refractivity contribution in [2.24, 2.45) is 0 Å². The normalized spacial score (nSPS) is 10.3. The lowest BCUT2D eigenvalue weighted by atomic mass is 10.2. The van der Waals surface area contributed by atoms with Crippen LogP contribution in [-0.2, 0) is 0 Å². The number of rotatable bonds is 3. The van der Waals surface area contributed by atoms with Crippen molar-refractivity contribution in [2.75, 3.05) is 11.9 Å². The number of hydrogen-bond donors (Lipinski definition) is 1. The molecule has 0 saturated carbocycles. The van der Waals surface area contributed by atoms with Crippen LogP contribution in [0.25, 0.3) is 11.3 Å². The van der Waals surface area contributed by atoms with Gasteiger partial charge >= 0.3 is 0 Å². The molecule has 15 heavy (non-hydrogen) atoms. The summed E-state index contributed by atoms with van der Waals surface area (Å²) in [5.41, 5.74) is 2.05. The number of anilines is 1. The molecule has 0 spiro atoms. The van der Waals surface area contributed by atoms with Crippen molar-refractivity contribution in [1.29, 1.82) is 0 Å².